The fourth-order valence-corrected chi connectivity index (χ4v) is 1.94. The van der Waals surface area contributed by atoms with E-state index in [0.29, 0.717) is 13.2 Å². The van der Waals surface area contributed by atoms with Crippen molar-refractivity contribution in [3.63, 3.8) is 0 Å². The number of hydrogen-bond acceptors (Lipinski definition) is 3. The van der Waals surface area contributed by atoms with E-state index in [4.69, 9.17) is 9.47 Å². The summed E-state index contributed by atoms with van der Waals surface area (Å²) >= 11 is 0. The van der Waals surface area contributed by atoms with Crippen molar-refractivity contribution in [2.45, 2.75) is 51.2 Å². The van der Waals surface area contributed by atoms with Crippen molar-refractivity contribution in [1.82, 2.24) is 5.32 Å². The van der Waals surface area contributed by atoms with Crippen LogP contribution in [0.2, 0.25) is 0 Å². The highest BCUT2D eigenvalue weighted by molar-refractivity contribution is 5.68. The molecule has 98 valence electrons. The minimum Gasteiger partial charge on any atom is -0.444 e. The number of ether oxygens (including phenoxy) is 2. The van der Waals surface area contributed by atoms with Crippen LogP contribution in [0.3, 0.4) is 0 Å². The van der Waals surface area contributed by atoms with E-state index in [1.54, 1.807) is 0 Å². The summed E-state index contributed by atoms with van der Waals surface area (Å²) in [4.78, 5) is 11.8. The van der Waals surface area contributed by atoms with Gasteiger partial charge in [0.1, 0.15) is 5.60 Å². The van der Waals surface area contributed by atoms with Gasteiger partial charge in [-0.25, -0.2) is 4.79 Å². The normalized spacial score (nSPS) is 19.5. The maximum Gasteiger partial charge on any atom is 0.408 e. The zero-order valence-corrected chi connectivity index (χ0v) is 11.0. The lowest BCUT2D eigenvalue weighted by Crippen LogP contribution is -2.52. The number of carbonyl (C=O) groups is 1. The third kappa shape index (κ3) is 4.77. The summed E-state index contributed by atoms with van der Waals surface area (Å²) in [6, 6.07) is 0. The minimum absolute atomic E-state index is 0.248. The Bertz CT molecular complexity index is 275. The highest BCUT2D eigenvalue weighted by Gasteiger charge is 2.34. The molecule has 0 aromatic rings. The lowest BCUT2D eigenvalue weighted by atomic mass is 9.87. The van der Waals surface area contributed by atoms with Crippen molar-refractivity contribution in [3.8, 4) is 0 Å². The molecule has 4 nitrogen and oxygen atoms in total. The summed E-state index contributed by atoms with van der Waals surface area (Å²) < 4.78 is 10.6. The first-order valence-corrected chi connectivity index (χ1v) is 6.07. The van der Waals surface area contributed by atoms with Crippen molar-refractivity contribution in [2.75, 3.05) is 13.2 Å². The Balaban J connectivity index is 2.60. The topological polar surface area (TPSA) is 47.6 Å². The number of nitrogens with one attached hydrogen (secondary N) is 1. The number of hydrogen-bond donors (Lipinski definition) is 1. The van der Waals surface area contributed by atoms with Crippen molar-refractivity contribution in [1.29, 1.82) is 0 Å². The molecule has 0 bridgehead atoms. The van der Waals surface area contributed by atoms with E-state index < -0.39 is 5.60 Å². The van der Waals surface area contributed by atoms with Crippen molar-refractivity contribution >= 4 is 6.09 Å². The Hall–Kier alpha value is -1.03. The van der Waals surface area contributed by atoms with Crippen LogP contribution >= 0.6 is 0 Å². The molecular formula is C13H23NO3. The first-order valence-electron chi connectivity index (χ1n) is 6.07. The Kier molecular flexibility index (Phi) is 4.57. The molecule has 0 aromatic carbocycles. The van der Waals surface area contributed by atoms with Gasteiger partial charge in [-0.2, -0.15) is 0 Å². The van der Waals surface area contributed by atoms with E-state index in [1.807, 2.05) is 26.8 Å². The van der Waals surface area contributed by atoms with Crippen LogP contribution in [-0.2, 0) is 9.47 Å². The summed E-state index contributed by atoms with van der Waals surface area (Å²) in [5, 5.41) is 2.98. The average molecular weight is 241 g/mol. The van der Waals surface area contributed by atoms with Gasteiger partial charge in [-0.05, 0) is 40.0 Å². The van der Waals surface area contributed by atoms with Gasteiger partial charge in [0.25, 0.3) is 0 Å². The fourth-order valence-electron chi connectivity index (χ4n) is 1.94. The van der Waals surface area contributed by atoms with Crippen molar-refractivity contribution in [3.05, 3.63) is 12.7 Å². The van der Waals surface area contributed by atoms with E-state index in [9.17, 15) is 4.79 Å². The number of alkyl carbamates (subject to hydrolysis) is 1. The standard InChI is InChI=1S/C13H23NO3/c1-5-6-13(7-9-16-10-8-13)14-11(15)17-12(2,3)4/h5H,1,6-10H2,2-4H3,(H,14,15). The molecule has 0 aromatic heterocycles. The smallest absolute Gasteiger partial charge is 0.408 e. The molecule has 4 heteroatoms. The molecule has 1 saturated heterocycles. The second-order valence-corrected chi connectivity index (χ2v) is 5.51. The SMILES string of the molecule is C=CCC1(NC(=O)OC(C)(C)C)CCOCC1. The van der Waals surface area contributed by atoms with Crippen LogP contribution in [0.25, 0.3) is 0 Å². The van der Waals surface area contributed by atoms with Gasteiger partial charge in [0, 0.05) is 13.2 Å². The van der Waals surface area contributed by atoms with Crippen LogP contribution in [0.15, 0.2) is 12.7 Å². The molecule has 1 heterocycles. The van der Waals surface area contributed by atoms with E-state index in [-0.39, 0.29) is 11.6 Å². The van der Waals surface area contributed by atoms with Crippen molar-refractivity contribution in [2.24, 2.45) is 0 Å². The maximum absolute atomic E-state index is 11.8. The number of carbonyl (C=O) groups excluding carboxylic acids is 1. The monoisotopic (exact) mass is 241 g/mol. The zero-order valence-electron chi connectivity index (χ0n) is 11.0. The quantitative estimate of drug-likeness (QED) is 0.773. The van der Waals surface area contributed by atoms with E-state index in [1.165, 1.54) is 0 Å². The van der Waals surface area contributed by atoms with Crippen LogP contribution in [-0.4, -0.2) is 30.4 Å². The van der Waals surface area contributed by atoms with E-state index >= 15 is 0 Å². The Morgan fingerprint density at radius 1 is 1.47 bits per heavy atom. The molecule has 1 amide bonds. The molecule has 0 atom stereocenters. The molecule has 0 unspecified atom stereocenters. The maximum atomic E-state index is 11.8. The summed E-state index contributed by atoms with van der Waals surface area (Å²) in [6.07, 6.45) is 3.83. The van der Waals surface area contributed by atoms with Gasteiger partial charge in [-0.1, -0.05) is 6.08 Å². The minimum atomic E-state index is -0.468. The van der Waals surface area contributed by atoms with Gasteiger partial charge in [-0.3, -0.25) is 0 Å². The lowest BCUT2D eigenvalue weighted by Gasteiger charge is -2.37. The van der Waals surface area contributed by atoms with Crippen LogP contribution in [0.4, 0.5) is 4.79 Å². The molecule has 1 aliphatic heterocycles. The number of amides is 1. The Morgan fingerprint density at radius 3 is 2.53 bits per heavy atom. The Labute approximate surface area is 103 Å². The molecule has 1 aliphatic rings. The van der Waals surface area contributed by atoms with Crippen LogP contribution in [0.5, 0.6) is 0 Å². The molecule has 1 fully saturated rings. The molecule has 17 heavy (non-hydrogen) atoms. The van der Waals surface area contributed by atoms with E-state index in [2.05, 4.69) is 11.9 Å². The highest BCUT2D eigenvalue weighted by atomic mass is 16.6. The van der Waals surface area contributed by atoms with Gasteiger partial charge in [-0.15, -0.1) is 6.58 Å². The van der Waals surface area contributed by atoms with Crippen LogP contribution < -0.4 is 5.32 Å². The molecule has 0 radical (unpaired) electrons. The molecule has 0 spiro atoms. The van der Waals surface area contributed by atoms with Gasteiger partial charge in [0.05, 0.1) is 5.54 Å². The van der Waals surface area contributed by atoms with Crippen LogP contribution in [0, 0.1) is 0 Å². The average Bonchev–Trinajstić information content (AvgIpc) is 2.15. The fraction of sp³-hybridized carbons (Fsp3) is 0.769. The van der Waals surface area contributed by atoms with Gasteiger partial charge in [0.15, 0.2) is 0 Å². The summed E-state index contributed by atoms with van der Waals surface area (Å²) in [7, 11) is 0. The predicted octanol–water partition coefficient (Wildman–Crippen LogP) is 2.64. The summed E-state index contributed by atoms with van der Waals surface area (Å²) in [5.41, 5.74) is -0.715. The number of rotatable bonds is 3. The molecular weight excluding hydrogens is 218 g/mol. The first-order chi connectivity index (χ1) is 7.87. The van der Waals surface area contributed by atoms with Gasteiger partial charge in [0.2, 0.25) is 0 Å². The molecule has 1 rings (SSSR count). The summed E-state index contributed by atoms with van der Waals surface area (Å²) in [6.45, 7) is 10.7. The van der Waals surface area contributed by atoms with E-state index in [0.717, 1.165) is 19.3 Å². The predicted molar refractivity (Wildman–Crippen MR) is 67.0 cm³/mol. The van der Waals surface area contributed by atoms with Crippen molar-refractivity contribution < 1.29 is 14.3 Å². The molecule has 1 N–H and O–H groups in total. The first kappa shape index (κ1) is 14.0. The zero-order chi connectivity index (χ0) is 12.9. The molecule has 0 aliphatic carbocycles. The highest BCUT2D eigenvalue weighted by Crippen LogP contribution is 2.25. The Morgan fingerprint density at radius 2 is 2.06 bits per heavy atom. The second kappa shape index (κ2) is 5.54. The lowest BCUT2D eigenvalue weighted by molar-refractivity contribution is 0.0178. The third-order valence-electron chi connectivity index (χ3n) is 2.75. The second-order valence-electron chi connectivity index (χ2n) is 5.51. The third-order valence-corrected chi connectivity index (χ3v) is 2.75. The van der Waals surface area contributed by atoms with Crippen LogP contribution in [0.1, 0.15) is 40.0 Å². The molecule has 0 saturated carbocycles. The largest absolute Gasteiger partial charge is 0.444 e. The van der Waals surface area contributed by atoms with Gasteiger partial charge < -0.3 is 14.8 Å². The van der Waals surface area contributed by atoms with Gasteiger partial charge >= 0.3 is 6.09 Å². The summed E-state index contributed by atoms with van der Waals surface area (Å²) in [5.74, 6) is 0.